The lowest BCUT2D eigenvalue weighted by Gasteiger charge is -2.06. The van der Waals surface area contributed by atoms with Crippen molar-refractivity contribution in [3.8, 4) is 0 Å². The molecule has 2 N–H and O–H groups in total. The second kappa shape index (κ2) is 3.18. The highest BCUT2D eigenvalue weighted by molar-refractivity contribution is 5.45. The summed E-state index contributed by atoms with van der Waals surface area (Å²) in [7, 11) is 0. The van der Waals surface area contributed by atoms with Crippen molar-refractivity contribution >= 4 is 5.52 Å². The molecule has 0 saturated carbocycles. The molecule has 13 heavy (non-hydrogen) atoms. The average molecular weight is 175 g/mol. The lowest BCUT2D eigenvalue weighted by molar-refractivity contribution is 0.708. The summed E-state index contributed by atoms with van der Waals surface area (Å²) >= 11 is 0. The van der Waals surface area contributed by atoms with E-state index in [1.807, 2.05) is 30.6 Å². The molecule has 0 fully saturated rings. The molecule has 0 bridgehead atoms. The van der Waals surface area contributed by atoms with E-state index in [2.05, 4.69) is 16.3 Å². The fourth-order valence-corrected chi connectivity index (χ4v) is 1.43. The minimum atomic E-state index is 0.310. The zero-order valence-corrected chi connectivity index (χ0v) is 7.64. The van der Waals surface area contributed by atoms with Crippen LogP contribution >= 0.6 is 0 Å². The van der Waals surface area contributed by atoms with Crippen LogP contribution in [0.5, 0.6) is 0 Å². The molecule has 68 valence electrons. The molecule has 2 heterocycles. The number of pyridine rings is 1. The molecular weight excluding hydrogens is 162 g/mol. The third-order valence-corrected chi connectivity index (χ3v) is 2.26. The van der Waals surface area contributed by atoms with E-state index in [4.69, 9.17) is 5.73 Å². The van der Waals surface area contributed by atoms with Crippen LogP contribution < -0.4 is 5.73 Å². The predicted molar refractivity (Wildman–Crippen MR) is 52.7 cm³/mol. The quantitative estimate of drug-likeness (QED) is 0.749. The molecule has 0 aliphatic heterocycles. The van der Waals surface area contributed by atoms with Crippen molar-refractivity contribution in [2.24, 2.45) is 5.73 Å². The third-order valence-electron chi connectivity index (χ3n) is 2.26. The molecule has 1 unspecified atom stereocenters. The number of fused-ring (bicyclic) bond motifs is 1. The zero-order valence-electron chi connectivity index (χ0n) is 7.64. The number of hydrogen-bond donors (Lipinski definition) is 1. The molecule has 2 aromatic heterocycles. The largest absolute Gasteiger partial charge is 0.330 e. The van der Waals surface area contributed by atoms with Crippen LogP contribution in [0.3, 0.4) is 0 Å². The predicted octanol–water partition coefficient (Wildman–Crippen LogP) is 1.40. The van der Waals surface area contributed by atoms with Crippen molar-refractivity contribution in [3.63, 3.8) is 0 Å². The zero-order chi connectivity index (χ0) is 9.26. The van der Waals surface area contributed by atoms with Crippen LogP contribution in [-0.2, 0) is 0 Å². The highest BCUT2D eigenvalue weighted by atomic mass is 15.0. The van der Waals surface area contributed by atoms with Gasteiger partial charge in [-0.1, -0.05) is 13.0 Å². The van der Waals surface area contributed by atoms with Crippen molar-refractivity contribution in [2.75, 3.05) is 6.54 Å². The van der Waals surface area contributed by atoms with Crippen molar-refractivity contribution in [1.29, 1.82) is 0 Å². The molecule has 2 aromatic rings. The van der Waals surface area contributed by atoms with Gasteiger partial charge in [0.05, 0.1) is 11.7 Å². The van der Waals surface area contributed by atoms with Crippen LogP contribution in [0.15, 0.2) is 30.6 Å². The Bertz CT molecular complexity index is 405. The van der Waals surface area contributed by atoms with Gasteiger partial charge in [-0.3, -0.25) is 0 Å². The summed E-state index contributed by atoms with van der Waals surface area (Å²) in [6.45, 7) is 2.72. The Kier molecular flexibility index (Phi) is 2.02. The first-order valence-corrected chi connectivity index (χ1v) is 4.45. The van der Waals surface area contributed by atoms with Crippen molar-refractivity contribution in [1.82, 2.24) is 9.38 Å². The van der Waals surface area contributed by atoms with E-state index in [1.165, 1.54) is 0 Å². The van der Waals surface area contributed by atoms with E-state index in [9.17, 15) is 0 Å². The van der Waals surface area contributed by atoms with Gasteiger partial charge in [-0.05, 0) is 12.1 Å². The van der Waals surface area contributed by atoms with Gasteiger partial charge >= 0.3 is 0 Å². The lowest BCUT2D eigenvalue weighted by atomic mass is 10.2. The summed E-state index contributed by atoms with van der Waals surface area (Å²) in [5.41, 5.74) is 6.72. The third kappa shape index (κ3) is 1.31. The van der Waals surface area contributed by atoms with Crippen LogP contribution in [0.4, 0.5) is 0 Å². The molecule has 0 spiro atoms. The van der Waals surface area contributed by atoms with Gasteiger partial charge in [-0.25, -0.2) is 4.98 Å². The average Bonchev–Trinajstić information content (AvgIpc) is 2.60. The molecule has 3 nitrogen and oxygen atoms in total. The number of aromatic nitrogens is 2. The highest BCUT2D eigenvalue weighted by Gasteiger charge is 2.08. The topological polar surface area (TPSA) is 43.3 Å². The van der Waals surface area contributed by atoms with E-state index in [-0.39, 0.29) is 0 Å². The molecule has 0 aromatic carbocycles. The molecule has 1 atom stereocenters. The van der Waals surface area contributed by atoms with Crippen LogP contribution in [-0.4, -0.2) is 15.9 Å². The molecule has 0 aliphatic rings. The Hall–Kier alpha value is -1.35. The Morgan fingerprint density at radius 1 is 1.54 bits per heavy atom. The Morgan fingerprint density at radius 3 is 3.15 bits per heavy atom. The van der Waals surface area contributed by atoms with E-state index in [0.29, 0.717) is 12.5 Å². The summed E-state index contributed by atoms with van der Waals surface area (Å²) in [4.78, 5) is 4.35. The van der Waals surface area contributed by atoms with Gasteiger partial charge in [0.15, 0.2) is 0 Å². The van der Waals surface area contributed by atoms with Crippen LogP contribution in [0.25, 0.3) is 5.52 Å². The first kappa shape index (κ1) is 8.26. The maximum Gasteiger partial charge on any atom is 0.117 e. The van der Waals surface area contributed by atoms with Gasteiger partial charge in [0, 0.05) is 18.7 Å². The highest BCUT2D eigenvalue weighted by Crippen LogP contribution is 2.14. The van der Waals surface area contributed by atoms with Crippen LogP contribution in [0.1, 0.15) is 18.7 Å². The fraction of sp³-hybridized carbons (Fsp3) is 0.300. The summed E-state index contributed by atoms with van der Waals surface area (Å²) in [5, 5.41) is 0. The molecule has 0 amide bonds. The minimum Gasteiger partial charge on any atom is -0.330 e. The van der Waals surface area contributed by atoms with Crippen molar-refractivity contribution in [3.05, 3.63) is 36.4 Å². The smallest absolute Gasteiger partial charge is 0.117 e. The van der Waals surface area contributed by atoms with Crippen molar-refractivity contribution in [2.45, 2.75) is 12.8 Å². The summed E-state index contributed by atoms with van der Waals surface area (Å²) in [6.07, 6.45) is 3.89. The van der Waals surface area contributed by atoms with E-state index in [0.717, 1.165) is 11.3 Å². The monoisotopic (exact) mass is 175 g/mol. The molecule has 2 rings (SSSR count). The number of nitrogens with zero attached hydrogens (tertiary/aromatic N) is 2. The standard InChI is InChI=1S/C10H13N3/c1-8(6-11)10-12-7-9-4-2-3-5-13(9)10/h2-5,7-8H,6,11H2,1H3. The minimum absolute atomic E-state index is 0.310. The molecule has 3 heteroatoms. The van der Waals surface area contributed by atoms with Gasteiger partial charge in [0.25, 0.3) is 0 Å². The SMILES string of the molecule is CC(CN)c1ncc2ccccn12. The summed E-state index contributed by atoms with van der Waals surface area (Å²) in [5.74, 6) is 1.35. The van der Waals surface area contributed by atoms with Crippen molar-refractivity contribution < 1.29 is 0 Å². The van der Waals surface area contributed by atoms with E-state index < -0.39 is 0 Å². The maximum absolute atomic E-state index is 5.60. The van der Waals surface area contributed by atoms with Gasteiger partial charge in [0.1, 0.15) is 5.82 Å². The molecular formula is C10H13N3. The van der Waals surface area contributed by atoms with Gasteiger partial charge in [-0.15, -0.1) is 0 Å². The van der Waals surface area contributed by atoms with Gasteiger partial charge < -0.3 is 10.1 Å². The summed E-state index contributed by atoms with van der Waals surface area (Å²) in [6, 6.07) is 6.05. The van der Waals surface area contributed by atoms with E-state index in [1.54, 1.807) is 0 Å². The normalized spacial score (nSPS) is 13.4. The second-order valence-corrected chi connectivity index (χ2v) is 3.25. The number of nitrogens with two attached hydrogens (primary N) is 1. The first-order valence-electron chi connectivity index (χ1n) is 4.45. The Morgan fingerprint density at radius 2 is 2.38 bits per heavy atom. The van der Waals surface area contributed by atoms with Crippen LogP contribution in [0.2, 0.25) is 0 Å². The van der Waals surface area contributed by atoms with E-state index >= 15 is 0 Å². The van der Waals surface area contributed by atoms with Gasteiger partial charge in [-0.2, -0.15) is 0 Å². The first-order chi connectivity index (χ1) is 6.33. The summed E-state index contributed by atoms with van der Waals surface area (Å²) < 4.78 is 2.08. The Labute approximate surface area is 77.2 Å². The Balaban J connectivity index is 2.57. The van der Waals surface area contributed by atoms with Gasteiger partial charge in [0.2, 0.25) is 0 Å². The number of rotatable bonds is 2. The molecule has 0 radical (unpaired) electrons. The molecule has 0 saturated heterocycles. The second-order valence-electron chi connectivity index (χ2n) is 3.25. The number of imidazole rings is 1. The molecule has 0 aliphatic carbocycles. The lowest BCUT2D eigenvalue weighted by Crippen LogP contribution is -2.11. The number of hydrogen-bond acceptors (Lipinski definition) is 2. The maximum atomic E-state index is 5.60. The fourth-order valence-electron chi connectivity index (χ4n) is 1.43. The van der Waals surface area contributed by atoms with Crippen LogP contribution in [0, 0.1) is 0 Å².